The lowest BCUT2D eigenvalue weighted by atomic mass is 10.2. The van der Waals surface area contributed by atoms with Gasteiger partial charge in [0.05, 0.1) is 0 Å². The molecule has 0 atom stereocenters. The summed E-state index contributed by atoms with van der Waals surface area (Å²) in [6.45, 7) is 0.138. The maximum absolute atomic E-state index is 13.2. The van der Waals surface area contributed by atoms with Crippen molar-refractivity contribution in [1.29, 1.82) is 0 Å². The highest BCUT2D eigenvalue weighted by molar-refractivity contribution is 5.36. The first-order valence-corrected chi connectivity index (χ1v) is 5.33. The van der Waals surface area contributed by atoms with Crippen LogP contribution in [0, 0.1) is 5.82 Å². The summed E-state index contributed by atoms with van der Waals surface area (Å²) in [5.74, 6) is -0.482. The maximum Gasteiger partial charge on any atom is 0.433 e. The summed E-state index contributed by atoms with van der Waals surface area (Å²) in [5, 5.41) is 2.68. The van der Waals surface area contributed by atoms with Crippen molar-refractivity contribution in [1.82, 2.24) is 9.97 Å². The number of nitrogens with zero attached hydrogens (tertiary/aromatic N) is 2. The van der Waals surface area contributed by atoms with Crippen LogP contribution in [0.1, 0.15) is 11.3 Å². The average molecular weight is 271 g/mol. The number of nitrogens with one attached hydrogen (secondary N) is 1. The zero-order chi connectivity index (χ0) is 13.9. The fourth-order valence-electron chi connectivity index (χ4n) is 1.40. The van der Waals surface area contributed by atoms with Gasteiger partial charge in [-0.15, -0.1) is 0 Å². The normalized spacial score (nSPS) is 11.4. The quantitative estimate of drug-likeness (QED) is 0.871. The van der Waals surface area contributed by atoms with Crippen LogP contribution in [0.25, 0.3) is 0 Å². The summed E-state index contributed by atoms with van der Waals surface area (Å²) in [4.78, 5) is 7.07. The van der Waals surface area contributed by atoms with Crippen molar-refractivity contribution >= 4 is 5.82 Å². The van der Waals surface area contributed by atoms with Crippen LogP contribution in [0.3, 0.4) is 0 Å². The van der Waals surface area contributed by atoms with Gasteiger partial charge in [-0.1, -0.05) is 6.07 Å². The van der Waals surface area contributed by atoms with Crippen molar-refractivity contribution in [3.63, 3.8) is 0 Å². The minimum absolute atomic E-state index is 0.0439. The minimum atomic E-state index is -4.46. The SMILES string of the molecule is Fc1cccnc1NCc1ccc(C(F)(F)F)nc1. The van der Waals surface area contributed by atoms with Gasteiger partial charge in [0.2, 0.25) is 0 Å². The molecule has 0 fully saturated rings. The van der Waals surface area contributed by atoms with Crippen LogP contribution >= 0.6 is 0 Å². The van der Waals surface area contributed by atoms with Crippen molar-refractivity contribution in [3.05, 3.63) is 53.7 Å². The molecule has 0 amide bonds. The van der Waals surface area contributed by atoms with Crippen LogP contribution < -0.4 is 5.32 Å². The second kappa shape index (κ2) is 5.21. The van der Waals surface area contributed by atoms with Crippen LogP contribution in [0.4, 0.5) is 23.4 Å². The number of hydrogen-bond acceptors (Lipinski definition) is 3. The number of aromatic nitrogens is 2. The Bertz CT molecular complexity index is 552. The summed E-state index contributed by atoms with van der Waals surface area (Å²) in [5.41, 5.74) is -0.460. The van der Waals surface area contributed by atoms with Crippen LogP contribution in [-0.4, -0.2) is 9.97 Å². The lowest BCUT2D eigenvalue weighted by Gasteiger charge is -2.08. The summed E-state index contributed by atoms with van der Waals surface area (Å²) in [6, 6.07) is 4.84. The zero-order valence-corrected chi connectivity index (χ0v) is 9.58. The van der Waals surface area contributed by atoms with E-state index in [9.17, 15) is 17.6 Å². The number of rotatable bonds is 3. The van der Waals surface area contributed by atoms with Gasteiger partial charge in [-0.2, -0.15) is 13.2 Å². The average Bonchev–Trinajstić information content (AvgIpc) is 2.37. The second-order valence-electron chi connectivity index (χ2n) is 3.74. The molecule has 1 N–H and O–H groups in total. The highest BCUT2D eigenvalue weighted by Gasteiger charge is 2.31. The minimum Gasteiger partial charge on any atom is -0.364 e. The van der Waals surface area contributed by atoms with Gasteiger partial charge in [-0.3, -0.25) is 4.98 Å². The fourth-order valence-corrected chi connectivity index (χ4v) is 1.40. The first kappa shape index (κ1) is 13.3. The molecule has 0 aliphatic rings. The Kier molecular flexibility index (Phi) is 3.64. The van der Waals surface area contributed by atoms with E-state index >= 15 is 0 Å². The van der Waals surface area contributed by atoms with E-state index in [0.29, 0.717) is 5.56 Å². The molecule has 2 heterocycles. The fraction of sp³-hybridized carbons (Fsp3) is 0.167. The van der Waals surface area contributed by atoms with E-state index in [1.165, 1.54) is 24.4 Å². The molecule has 100 valence electrons. The molecular weight excluding hydrogens is 262 g/mol. The highest BCUT2D eigenvalue weighted by Crippen LogP contribution is 2.27. The third-order valence-corrected chi connectivity index (χ3v) is 2.33. The summed E-state index contributed by atoms with van der Waals surface area (Å²) < 4.78 is 50.1. The summed E-state index contributed by atoms with van der Waals surface area (Å²) in [6.07, 6.45) is -1.95. The predicted octanol–water partition coefficient (Wildman–Crippen LogP) is 3.25. The molecule has 19 heavy (non-hydrogen) atoms. The lowest BCUT2D eigenvalue weighted by Crippen LogP contribution is -2.09. The molecule has 0 radical (unpaired) electrons. The topological polar surface area (TPSA) is 37.8 Å². The first-order valence-electron chi connectivity index (χ1n) is 5.33. The Morgan fingerprint density at radius 2 is 1.89 bits per heavy atom. The molecule has 2 aromatic rings. The Labute approximate surface area is 106 Å². The van der Waals surface area contributed by atoms with Gasteiger partial charge in [0.15, 0.2) is 11.6 Å². The Morgan fingerprint density at radius 3 is 2.47 bits per heavy atom. The maximum atomic E-state index is 13.2. The smallest absolute Gasteiger partial charge is 0.364 e. The van der Waals surface area contributed by atoms with E-state index in [4.69, 9.17) is 0 Å². The molecule has 0 aromatic carbocycles. The number of halogens is 4. The third-order valence-electron chi connectivity index (χ3n) is 2.33. The molecule has 0 aliphatic heterocycles. The van der Waals surface area contributed by atoms with E-state index in [2.05, 4.69) is 15.3 Å². The predicted molar refractivity (Wildman–Crippen MR) is 60.8 cm³/mol. The lowest BCUT2D eigenvalue weighted by molar-refractivity contribution is -0.141. The highest BCUT2D eigenvalue weighted by atomic mass is 19.4. The van der Waals surface area contributed by atoms with Crippen LogP contribution in [0.15, 0.2) is 36.7 Å². The van der Waals surface area contributed by atoms with Crippen molar-refractivity contribution in [2.24, 2.45) is 0 Å². The molecule has 3 nitrogen and oxygen atoms in total. The Balaban J connectivity index is 2.03. The van der Waals surface area contributed by atoms with Crippen molar-refractivity contribution < 1.29 is 17.6 Å². The van der Waals surface area contributed by atoms with E-state index in [-0.39, 0.29) is 12.4 Å². The van der Waals surface area contributed by atoms with E-state index in [0.717, 1.165) is 12.3 Å². The van der Waals surface area contributed by atoms with Crippen LogP contribution in [-0.2, 0) is 12.7 Å². The van der Waals surface area contributed by atoms with Gasteiger partial charge >= 0.3 is 6.18 Å². The molecule has 0 saturated carbocycles. The van der Waals surface area contributed by atoms with Crippen LogP contribution in [0.2, 0.25) is 0 Å². The van der Waals surface area contributed by atoms with Crippen LogP contribution in [0.5, 0.6) is 0 Å². The van der Waals surface area contributed by atoms with Crippen molar-refractivity contribution in [2.75, 3.05) is 5.32 Å². The van der Waals surface area contributed by atoms with E-state index < -0.39 is 17.7 Å². The molecule has 0 spiro atoms. The second-order valence-corrected chi connectivity index (χ2v) is 3.74. The molecule has 0 bridgehead atoms. The molecule has 0 saturated heterocycles. The van der Waals surface area contributed by atoms with E-state index in [1.54, 1.807) is 0 Å². The van der Waals surface area contributed by atoms with Gasteiger partial charge in [-0.25, -0.2) is 9.37 Å². The monoisotopic (exact) mass is 271 g/mol. The largest absolute Gasteiger partial charge is 0.433 e. The number of anilines is 1. The molecule has 2 aromatic heterocycles. The standard InChI is InChI=1S/C12H9F4N3/c13-9-2-1-5-17-11(9)19-7-8-3-4-10(18-6-8)12(14,15)16/h1-6H,7H2,(H,17,19). The van der Waals surface area contributed by atoms with Gasteiger partial charge in [-0.05, 0) is 23.8 Å². The molecule has 7 heteroatoms. The molecule has 0 aliphatic carbocycles. The summed E-state index contributed by atoms with van der Waals surface area (Å²) >= 11 is 0. The molecular formula is C12H9F4N3. The van der Waals surface area contributed by atoms with Crippen molar-refractivity contribution in [2.45, 2.75) is 12.7 Å². The van der Waals surface area contributed by atoms with Gasteiger partial charge in [0, 0.05) is 18.9 Å². The molecule has 0 unspecified atom stereocenters. The Hall–Kier alpha value is -2.18. The van der Waals surface area contributed by atoms with E-state index in [1.807, 2.05) is 0 Å². The van der Waals surface area contributed by atoms with Gasteiger partial charge < -0.3 is 5.32 Å². The Morgan fingerprint density at radius 1 is 1.11 bits per heavy atom. The van der Waals surface area contributed by atoms with Crippen molar-refractivity contribution in [3.8, 4) is 0 Å². The third kappa shape index (κ3) is 3.40. The zero-order valence-electron chi connectivity index (χ0n) is 9.58. The summed E-state index contributed by atoms with van der Waals surface area (Å²) in [7, 11) is 0. The number of hydrogen-bond donors (Lipinski definition) is 1. The van der Waals surface area contributed by atoms with Gasteiger partial charge in [0.25, 0.3) is 0 Å². The van der Waals surface area contributed by atoms with Gasteiger partial charge in [0.1, 0.15) is 5.69 Å². The number of pyridine rings is 2. The first-order chi connectivity index (χ1) is 8.97. The molecule has 2 rings (SSSR count). The number of alkyl halides is 3.